The van der Waals surface area contributed by atoms with E-state index in [-0.39, 0.29) is 13.0 Å². The molecule has 1 saturated heterocycles. The number of carbonyl (C=O) groups is 2. The lowest BCUT2D eigenvalue weighted by Crippen LogP contribution is -2.64. The lowest BCUT2D eigenvalue weighted by Gasteiger charge is -2.42. The number of hydrogen-bond donors (Lipinski definition) is 4. The molecule has 8 nitrogen and oxygen atoms in total. The summed E-state index contributed by atoms with van der Waals surface area (Å²) in [6.45, 7) is 4.04. The third-order valence-electron chi connectivity index (χ3n) is 3.21. The highest BCUT2D eigenvalue weighted by atomic mass is 16.5. The first-order chi connectivity index (χ1) is 9.90. The van der Waals surface area contributed by atoms with E-state index in [0.29, 0.717) is 0 Å². The van der Waals surface area contributed by atoms with Gasteiger partial charge in [0.1, 0.15) is 18.3 Å². The molecule has 1 aliphatic heterocycles. The van der Waals surface area contributed by atoms with Gasteiger partial charge in [0.15, 0.2) is 0 Å². The first-order valence-corrected chi connectivity index (χ1v) is 6.59. The fraction of sp³-hybridized carbons (Fsp3) is 0.692. The van der Waals surface area contributed by atoms with Crippen LogP contribution < -0.4 is 5.32 Å². The van der Waals surface area contributed by atoms with Gasteiger partial charge in [-0.2, -0.15) is 0 Å². The molecular weight excluding hydrogens is 282 g/mol. The summed E-state index contributed by atoms with van der Waals surface area (Å²) in [4.78, 5) is 22.2. The number of esters is 1. The molecule has 0 aromatic carbocycles. The van der Waals surface area contributed by atoms with Gasteiger partial charge in [-0.15, -0.1) is 0 Å². The highest BCUT2D eigenvalue weighted by molar-refractivity contribution is 5.81. The summed E-state index contributed by atoms with van der Waals surface area (Å²) in [5.41, 5.74) is 0. The molecule has 0 aromatic rings. The molecule has 0 bridgehead atoms. The average molecular weight is 303 g/mol. The monoisotopic (exact) mass is 303 g/mol. The van der Waals surface area contributed by atoms with E-state index in [9.17, 15) is 19.8 Å². The van der Waals surface area contributed by atoms with E-state index in [1.165, 1.54) is 6.92 Å². The van der Waals surface area contributed by atoms with Crippen LogP contribution in [0.3, 0.4) is 0 Å². The van der Waals surface area contributed by atoms with Crippen molar-refractivity contribution in [3.63, 3.8) is 0 Å². The fourth-order valence-corrected chi connectivity index (χ4v) is 2.19. The van der Waals surface area contributed by atoms with E-state index in [1.54, 1.807) is 0 Å². The second-order valence-corrected chi connectivity index (χ2v) is 4.76. The van der Waals surface area contributed by atoms with Gasteiger partial charge in [-0.3, -0.25) is 4.79 Å². The third-order valence-corrected chi connectivity index (χ3v) is 3.21. The van der Waals surface area contributed by atoms with E-state index >= 15 is 0 Å². The molecule has 1 rings (SSSR count). The molecule has 4 N–H and O–H groups in total. The van der Waals surface area contributed by atoms with Gasteiger partial charge >= 0.3 is 5.97 Å². The number of hydrogen-bond acceptors (Lipinski definition) is 7. The van der Waals surface area contributed by atoms with Gasteiger partial charge in [-0.25, -0.2) is 4.79 Å². The van der Waals surface area contributed by atoms with E-state index in [0.717, 1.165) is 6.08 Å². The molecule has 120 valence electrons. The van der Waals surface area contributed by atoms with Crippen LogP contribution in [-0.2, 0) is 19.1 Å². The SMILES string of the molecule is C=CC(=O)OCC[C@H]1O[C@H](CO)[C@@H](O)[C@H](O)[C@H]1NC(C)=O. The Bertz CT molecular complexity index is 387. The minimum Gasteiger partial charge on any atom is -0.462 e. The van der Waals surface area contributed by atoms with Crippen molar-refractivity contribution in [1.82, 2.24) is 5.32 Å². The Morgan fingerprint density at radius 1 is 1.33 bits per heavy atom. The molecule has 5 atom stereocenters. The molecule has 1 aliphatic rings. The van der Waals surface area contributed by atoms with Crippen LogP contribution in [0.15, 0.2) is 12.7 Å². The maximum Gasteiger partial charge on any atom is 0.330 e. The van der Waals surface area contributed by atoms with E-state index in [4.69, 9.17) is 14.6 Å². The first-order valence-electron chi connectivity index (χ1n) is 6.59. The van der Waals surface area contributed by atoms with Crippen molar-refractivity contribution in [2.24, 2.45) is 0 Å². The van der Waals surface area contributed by atoms with Gasteiger partial charge in [-0.1, -0.05) is 6.58 Å². The first kappa shape index (κ1) is 17.6. The minimum atomic E-state index is -1.32. The molecule has 0 saturated carbocycles. The van der Waals surface area contributed by atoms with Crippen molar-refractivity contribution in [2.45, 2.75) is 43.8 Å². The Hall–Kier alpha value is -1.48. The summed E-state index contributed by atoms with van der Waals surface area (Å²) in [5.74, 6) is -0.994. The van der Waals surface area contributed by atoms with Crippen molar-refractivity contribution < 1.29 is 34.4 Å². The van der Waals surface area contributed by atoms with Gasteiger partial charge in [0.25, 0.3) is 0 Å². The van der Waals surface area contributed by atoms with Gasteiger partial charge in [0.2, 0.25) is 5.91 Å². The quantitative estimate of drug-likeness (QED) is 0.333. The maximum atomic E-state index is 11.2. The topological polar surface area (TPSA) is 125 Å². The van der Waals surface area contributed by atoms with Gasteiger partial charge < -0.3 is 30.1 Å². The summed E-state index contributed by atoms with van der Waals surface area (Å²) in [7, 11) is 0. The van der Waals surface area contributed by atoms with Gasteiger partial charge in [0, 0.05) is 19.4 Å². The van der Waals surface area contributed by atoms with Crippen LogP contribution in [0.1, 0.15) is 13.3 Å². The second-order valence-electron chi connectivity index (χ2n) is 4.76. The maximum absolute atomic E-state index is 11.2. The molecular formula is C13H21NO7. The van der Waals surface area contributed by atoms with Crippen LogP contribution in [0.2, 0.25) is 0 Å². The normalized spacial score (nSPS) is 32.3. The number of amides is 1. The van der Waals surface area contributed by atoms with Crippen LogP contribution in [-0.4, -0.2) is 70.9 Å². The van der Waals surface area contributed by atoms with Crippen LogP contribution in [0.5, 0.6) is 0 Å². The lowest BCUT2D eigenvalue weighted by atomic mass is 9.91. The second kappa shape index (κ2) is 8.08. The molecule has 0 unspecified atom stereocenters. The number of nitrogens with one attached hydrogen (secondary N) is 1. The predicted octanol–water partition coefficient (Wildman–Crippen LogP) is -1.91. The van der Waals surface area contributed by atoms with Crippen molar-refractivity contribution in [3.8, 4) is 0 Å². The van der Waals surface area contributed by atoms with Crippen LogP contribution in [0.25, 0.3) is 0 Å². The zero-order valence-electron chi connectivity index (χ0n) is 11.8. The molecule has 0 radical (unpaired) electrons. The van der Waals surface area contributed by atoms with E-state index in [2.05, 4.69) is 11.9 Å². The summed E-state index contributed by atoms with van der Waals surface area (Å²) >= 11 is 0. The summed E-state index contributed by atoms with van der Waals surface area (Å²) in [6.07, 6.45) is -3.08. The molecule has 0 spiro atoms. The van der Waals surface area contributed by atoms with Crippen LogP contribution >= 0.6 is 0 Å². The Morgan fingerprint density at radius 3 is 2.52 bits per heavy atom. The van der Waals surface area contributed by atoms with Crippen molar-refractivity contribution >= 4 is 11.9 Å². The summed E-state index contributed by atoms with van der Waals surface area (Å²) in [5, 5.41) is 31.5. The zero-order valence-corrected chi connectivity index (χ0v) is 11.8. The third kappa shape index (κ3) is 4.78. The molecule has 1 heterocycles. The molecule has 21 heavy (non-hydrogen) atoms. The minimum absolute atomic E-state index is 0.00737. The van der Waals surface area contributed by atoms with Crippen LogP contribution in [0, 0.1) is 0 Å². The number of ether oxygens (including phenoxy) is 2. The number of carbonyl (C=O) groups excluding carboxylic acids is 2. The van der Waals surface area contributed by atoms with E-state index < -0.39 is 48.9 Å². The summed E-state index contributed by atoms with van der Waals surface area (Å²) in [6, 6.07) is -0.859. The molecule has 8 heteroatoms. The zero-order chi connectivity index (χ0) is 16.0. The molecule has 1 amide bonds. The molecule has 0 aromatic heterocycles. The predicted molar refractivity (Wildman–Crippen MR) is 71.1 cm³/mol. The smallest absolute Gasteiger partial charge is 0.330 e. The highest BCUT2D eigenvalue weighted by Crippen LogP contribution is 2.23. The van der Waals surface area contributed by atoms with Crippen molar-refractivity contribution in [3.05, 3.63) is 12.7 Å². The Labute approximate surface area is 122 Å². The number of aliphatic hydroxyl groups is 3. The highest BCUT2D eigenvalue weighted by Gasteiger charge is 2.44. The van der Waals surface area contributed by atoms with Crippen molar-refractivity contribution in [1.29, 1.82) is 0 Å². The summed E-state index contributed by atoms with van der Waals surface area (Å²) < 4.78 is 10.3. The standard InChI is InChI=1S/C13H21NO7/c1-3-10(17)20-5-4-8-11(14-7(2)16)13(19)12(18)9(6-15)21-8/h3,8-9,11-13,15,18-19H,1,4-6H2,2H3,(H,14,16)/t8-,9-,11+,12-,13-/m1/s1. The number of aliphatic hydroxyl groups excluding tert-OH is 3. The average Bonchev–Trinajstić information content (AvgIpc) is 2.45. The Balaban J connectivity index is 2.71. The fourth-order valence-electron chi connectivity index (χ4n) is 2.19. The Morgan fingerprint density at radius 2 is 2.00 bits per heavy atom. The van der Waals surface area contributed by atoms with Gasteiger partial charge in [-0.05, 0) is 0 Å². The van der Waals surface area contributed by atoms with E-state index in [1.807, 2.05) is 0 Å². The number of rotatable bonds is 6. The van der Waals surface area contributed by atoms with Crippen LogP contribution in [0.4, 0.5) is 0 Å². The van der Waals surface area contributed by atoms with Gasteiger partial charge in [0.05, 0.1) is 25.4 Å². The molecule has 1 fully saturated rings. The Kier molecular flexibility index (Phi) is 6.76. The lowest BCUT2D eigenvalue weighted by molar-refractivity contribution is -0.198. The van der Waals surface area contributed by atoms with Crippen molar-refractivity contribution in [2.75, 3.05) is 13.2 Å². The largest absolute Gasteiger partial charge is 0.462 e. The molecule has 0 aliphatic carbocycles.